The number of benzene rings is 1. The fourth-order valence-electron chi connectivity index (χ4n) is 2.96. The molecule has 0 saturated carbocycles. The third-order valence-electron chi connectivity index (χ3n) is 4.17. The Bertz CT molecular complexity index is 718. The van der Waals surface area contributed by atoms with Gasteiger partial charge in [0, 0.05) is 13.1 Å². The molecule has 2 aromatic rings. The quantitative estimate of drug-likeness (QED) is 0.828. The number of aromatic nitrogens is 2. The Hall–Kier alpha value is -2.51. The number of amides is 1. The van der Waals surface area contributed by atoms with Crippen molar-refractivity contribution in [2.45, 2.75) is 38.7 Å². The number of hydrogen-bond donors (Lipinski definition) is 0. The summed E-state index contributed by atoms with van der Waals surface area (Å²) in [5, 5.41) is 3.80. The molecule has 0 bridgehead atoms. The molecule has 0 N–H and O–H groups in total. The van der Waals surface area contributed by atoms with Crippen LogP contribution in [0.2, 0.25) is 0 Å². The van der Waals surface area contributed by atoms with Crippen molar-refractivity contribution in [1.29, 1.82) is 0 Å². The van der Waals surface area contributed by atoms with Crippen molar-refractivity contribution >= 4 is 5.91 Å². The number of nitrogens with zero attached hydrogens (tertiary/aromatic N) is 3. The van der Waals surface area contributed by atoms with Crippen molar-refractivity contribution in [1.82, 2.24) is 15.0 Å². The minimum absolute atomic E-state index is 0.0107. The van der Waals surface area contributed by atoms with E-state index in [4.69, 9.17) is 4.52 Å². The normalized spacial score (nSPS) is 17.8. The molecule has 0 aliphatic carbocycles. The molecule has 1 saturated heterocycles. The number of likely N-dealkylation sites (tertiary alicyclic amines) is 1. The molecule has 1 unspecified atom stereocenters. The summed E-state index contributed by atoms with van der Waals surface area (Å²) in [6, 6.07) is 6.13. The lowest BCUT2D eigenvalue weighted by Crippen LogP contribution is -2.40. The van der Waals surface area contributed by atoms with E-state index in [0.717, 1.165) is 18.4 Å². The molecule has 1 atom stereocenters. The molecule has 0 radical (unpaired) electrons. The molecule has 8 heteroatoms. The molecule has 6 nitrogen and oxygen atoms in total. The first-order valence-corrected chi connectivity index (χ1v) is 8.13. The molecular weight excluding hydrogens is 332 g/mol. The van der Waals surface area contributed by atoms with Crippen molar-refractivity contribution in [2.75, 3.05) is 13.1 Å². The Morgan fingerprint density at radius 3 is 2.80 bits per heavy atom. The van der Waals surface area contributed by atoms with Crippen LogP contribution in [-0.4, -0.2) is 40.6 Å². The summed E-state index contributed by atoms with van der Waals surface area (Å²) in [6.07, 6.45) is 1.99. The van der Waals surface area contributed by atoms with E-state index in [1.807, 2.05) is 0 Å². The first-order chi connectivity index (χ1) is 12.0. The second-order valence-electron chi connectivity index (χ2n) is 6.06. The van der Waals surface area contributed by atoms with Gasteiger partial charge in [-0.25, -0.2) is 0 Å². The van der Waals surface area contributed by atoms with Crippen LogP contribution in [-0.2, 0) is 11.2 Å². The molecule has 1 fully saturated rings. The maximum Gasteiger partial charge on any atom is 0.387 e. The number of ether oxygens (including phenoxy) is 1. The van der Waals surface area contributed by atoms with Crippen molar-refractivity contribution in [3.8, 4) is 5.75 Å². The fraction of sp³-hybridized carbons (Fsp3) is 0.471. The minimum atomic E-state index is -2.86. The number of piperidine rings is 1. The SMILES string of the molecule is Cc1noc(C2CCCN(C(=O)Cc3ccc(OC(F)F)cc3)C2)n1. The number of carbonyl (C=O) groups is 1. The smallest absolute Gasteiger partial charge is 0.387 e. The van der Waals surface area contributed by atoms with Crippen molar-refractivity contribution in [2.24, 2.45) is 0 Å². The van der Waals surface area contributed by atoms with E-state index in [9.17, 15) is 13.6 Å². The third kappa shape index (κ3) is 4.52. The molecule has 1 aromatic carbocycles. The van der Waals surface area contributed by atoms with Gasteiger partial charge < -0.3 is 14.2 Å². The molecule has 1 aliphatic heterocycles. The van der Waals surface area contributed by atoms with Crippen LogP contribution < -0.4 is 4.74 Å². The molecule has 0 spiro atoms. The summed E-state index contributed by atoms with van der Waals surface area (Å²) >= 11 is 0. The van der Waals surface area contributed by atoms with Crippen LogP contribution in [0.25, 0.3) is 0 Å². The maximum atomic E-state index is 12.5. The summed E-state index contributed by atoms with van der Waals surface area (Å²) in [5.41, 5.74) is 0.752. The van der Waals surface area contributed by atoms with Gasteiger partial charge in [0.15, 0.2) is 5.82 Å². The van der Waals surface area contributed by atoms with E-state index in [2.05, 4.69) is 14.9 Å². The Labute approximate surface area is 143 Å². The van der Waals surface area contributed by atoms with Crippen LogP contribution in [0.4, 0.5) is 8.78 Å². The van der Waals surface area contributed by atoms with E-state index in [1.54, 1.807) is 24.0 Å². The van der Waals surface area contributed by atoms with Gasteiger partial charge in [-0.3, -0.25) is 4.79 Å². The summed E-state index contributed by atoms with van der Waals surface area (Å²) in [4.78, 5) is 18.6. The predicted molar refractivity (Wildman–Crippen MR) is 84.4 cm³/mol. The van der Waals surface area contributed by atoms with Gasteiger partial charge in [-0.05, 0) is 37.5 Å². The monoisotopic (exact) mass is 351 g/mol. The zero-order valence-corrected chi connectivity index (χ0v) is 13.8. The van der Waals surface area contributed by atoms with Crippen molar-refractivity contribution < 1.29 is 22.8 Å². The lowest BCUT2D eigenvalue weighted by Gasteiger charge is -2.31. The highest BCUT2D eigenvalue weighted by Crippen LogP contribution is 2.26. The highest BCUT2D eigenvalue weighted by atomic mass is 19.3. The van der Waals surface area contributed by atoms with Crippen LogP contribution >= 0.6 is 0 Å². The third-order valence-corrected chi connectivity index (χ3v) is 4.17. The number of alkyl halides is 2. The van der Waals surface area contributed by atoms with E-state index in [-0.39, 0.29) is 24.0 Å². The van der Waals surface area contributed by atoms with Gasteiger partial charge in [-0.1, -0.05) is 17.3 Å². The van der Waals surface area contributed by atoms with Gasteiger partial charge in [0.05, 0.1) is 12.3 Å². The largest absolute Gasteiger partial charge is 0.435 e. The summed E-state index contributed by atoms with van der Waals surface area (Å²) in [5.74, 6) is 1.29. The molecule has 1 aromatic heterocycles. The Morgan fingerprint density at radius 2 is 2.16 bits per heavy atom. The molecule has 3 rings (SSSR count). The van der Waals surface area contributed by atoms with Gasteiger partial charge in [-0.15, -0.1) is 0 Å². The lowest BCUT2D eigenvalue weighted by molar-refractivity contribution is -0.131. The maximum absolute atomic E-state index is 12.5. The van der Waals surface area contributed by atoms with Crippen LogP contribution in [0.1, 0.15) is 36.0 Å². The second-order valence-corrected chi connectivity index (χ2v) is 6.06. The van der Waals surface area contributed by atoms with Crippen molar-refractivity contribution in [3.05, 3.63) is 41.5 Å². The van der Waals surface area contributed by atoms with Crippen LogP contribution in [0, 0.1) is 6.92 Å². The molecule has 134 valence electrons. The van der Waals surface area contributed by atoms with Gasteiger partial charge in [-0.2, -0.15) is 13.8 Å². The predicted octanol–water partition coefficient (Wildman–Crippen LogP) is 2.93. The molecule has 25 heavy (non-hydrogen) atoms. The average Bonchev–Trinajstić information content (AvgIpc) is 3.03. The first kappa shape index (κ1) is 17.3. The standard InChI is InChI=1S/C17H19F2N3O3/c1-11-20-16(25-21-11)13-3-2-8-22(10-13)15(23)9-12-4-6-14(7-5-12)24-17(18)19/h4-7,13,17H,2-3,8-10H2,1H3. The van der Waals surface area contributed by atoms with E-state index >= 15 is 0 Å². The zero-order valence-electron chi connectivity index (χ0n) is 13.8. The molecule has 1 amide bonds. The van der Waals surface area contributed by atoms with Gasteiger partial charge >= 0.3 is 6.61 Å². The summed E-state index contributed by atoms with van der Waals surface area (Å²) in [6.45, 7) is 0.147. The lowest BCUT2D eigenvalue weighted by atomic mass is 9.97. The van der Waals surface area contributed by atoms with Gasteiger partial charge in [0.2, 0.25) is 11.8 Å². The summed E-state index contributed by atoms with van der Waals surface area (Å²) in [7, 11) is 0. The number of rotatable bonds is 5. The number of halogens is 2. The molecule has 1 aliphatic rings. The number of aryl methyl sites for hydroxylation is 1. The minimum Gasteiger partial charge on any atom is -0.435 e. The Kier molecular flexibility index (Phi) is 5.25. The summed E-state index contributed by atoms with van der Waals surface area (Å²) < 4.78 is 33.8. The molecule has 2 heterocycles. The number of hydrogen-bond acceptors (Lipinski definition) is 5. The topological polar surface area (TPSA) is 68.5 Å². The van der Waals surface area contributed by atoms with E-state index < -0.39 is 6.61 Å². The van der Waals surface area contributed by atoms with Gasteiger partial charge in [0.1, 0.15) is 5.75 Å². The second kappa shape index (κ2) is 7.58. The zero-order chi connectivity index (χ0) is 17.8. The van der Waals surface area contributed by atoms with Crippen LogP contribution in [0.3, 0.4) is 0 Å². The van der Waals surface area contributed by atoms with Crippen molar-refractivity contribution in [3.63, 3.8) is 0 Å². The number of carbonyl (C=O) groups excluding carboxylic acids is 1. The van der Waals surface area contributed by atoms with E-state index in [0.29, 0.717) is 24.8 Å². The average molecular weight is 351 g/mol. The first-order valence-electron chi connectivity index (χ1n) is 8.13. The molecular formula is C17H19F2N3O3. The van der Waals surface area contributed by atoms with Crippen LogP contribution in [0.15, 0.2) is 28.8 Å². The highest BCUT2D eigenvalue weighted by Gasteiger charge is 2.28. The fourth-order valence-corrected chi connectivity index (χ4v) is 2.96. The van der Waals surface area contributed by atoms with Gasteiger partial charge in [0.25, 0.3) is 0 Å². The Morgan fingerprint density at radius 1 is 1.40 bits per heavy atom. The highest BCUT2D eigenvalue weighted by molar-refractivity contribution is 5.79. The Balaban J connectivity index is 1.58. The van der Waals surface area contributed by atoms with E-state index in [1.165, 1.54) is 12.1 Å². The van der Waals surface area contributed by atoms with Crippen LogP contribution in [0.5, 0.6) is 5.75 Å².